The maximum atomic E-state index is 12.5. The van der Waals surface area contributed by atoms with E-state index in [0.717, 1.165) is 18.4 Å². The SMILES string of the molecule is C=C[C@]1(C)CC[C@@H](C(C)C)C(=O)[C@H]1C(=C)C. The van der Waals surface area contributed by atoms with Crippen LogP contribution in [0.25, 0.3) is 0 Å². The first-order valence-electron chi connectivity index (χ1n) is 6.16. The van der Waals surface area contributed by atoms with E-state index < -0.39 is 0 Å². The van der Waals surface area contributed by atoms with Crippen LogP contribution < -0.4 is 0 Å². The molecule has 3 atom stereocenters. The lowest BCUT2D eigenvalue weighted by molar-refractivity contribution is -0.133. The van der Waals surface area contributed by atoms with Crippen LogP contribution in [0.4, 0.5) is 0 Å². The highest BCUT2D eigenvalue weighted by atomic mass is 16.1. The lowest BCUT2D eigenvalue weighted by Crippen LogP contribution is -2.43. The molecule has 1 rings (SSSR count). The summed E-state index contributed by atoms with van der Waals surface area (Å²) in [5, 5.41) is 0. The fraction of sp³-hybridized carbons (Fsp3) is 0.667. The van der Waals surface area contributed by atoms with Gasteiger partial charge in [0.05, 0.1) is 0 Å². The second-order valence-corrected chi connectivity index (χ2v) is 5.78. The van der Waals surface area contributed by atoms with Crippen molar-refractivity contribution in [3.05, 3.63) is 24.8 Å². The molecule has 0 spiro atoms. The third kappa shape index (κ3) is 2.14. The van der Waals surface area contributed by atoms with E-state index in [2.05, 4.69) is 33.9 Å². The van der Waals surface area contributed by atoms with Crippen molar-refractivity contribution in [2.45, 2.75) is 40.5 Å². The van der Waals surface area contributed by atoms with E-state index >= 15 is 0 Å². The van der Waals surface area contributed by atoms with Gasteiger partial charge in [0.2, 0.25) is 0 Å². The van der Waals surface area contributed by atoms with Crippen molar-refractivity contribution in [1.82, 2.24) is 0 Å². The van der Waals surface area contributed by atoms with Crippen LogP contribution >= 0.6 is 0 Å². The van der Waals surface area contributed by atoms with Crippen LogP contribution in [0, 0.1) is 23.2 Å². The van der Waals surface area contributed by atoms with Crippen LogP contribution in [0.15, 0.2) is 24.8 Å². The van der Waals surface area contributed by atoms with Gasteiger partial charge in [0.25, 0.3) is 0 Å². The summed E-state index contributed by atoms with van der Waals surface area (Å²) >= 11 is 0. The molecule has 1 heteroatoms. The fourth-order valence-corrected chi connectivity index (χ4v) is 2.98. The highest BCUT2D eigenvalue weighted by molar-refractivity contribution is 5.88. The predicted molar refractivity (Wildman–Crippen MR) is 69.2 cm³/mol. The number of rotatable bonds is 3. The standard InChI is InChI=1S/C15H24O/c1-7-15(6)9-8-12(10(2)3)14(16)13(15)11(4)5/h7,10,12-13H,1,4,8-9H2,2-3,5-6H3/t12-,13+,15+/m0/s1. The molecule has 16 heavy (non-hydrogen) atoms. The molecule has 1 saturated carbocycles. The molecule has 0 unspecified atom stereocenters. The Morgan fingerprint density at radius 2 is 2.12 bits per heavy atom. The second-order valence-electron chi connectivity index (χ2n) is 5.78. The van der Waals surface area contributed by atoms with Crippen LogP contribution in [0.3, 0.4) is 0 Å². The molecule has 90 valence electrons. The van der Waals surface area contributed by atoms with Gasteiger partial charge in [-0.15, -0.1) is 6.58 Å². The van der Waals surface area contributed by atoms with Crippen molar-refractivity contribution >= 4 is 5.78 Å². The van der Waals surface area contributed by atoms with Crippen molar-refractivity contribution in [3.63, 3.8) is 0 Å². The summed E-state index contributed by atoms with van der Waals surface area (Å²) in [5.74, 6) is 0.973. The molecule has 0 radical (unpaired) electrons. The minimum absolute atomic E-state index is 0.0360. The van der Waals surface area contributed by atoms with Gasteiger partial charge in [-0.3, -0.25) is 4.79 Å². The molecule has 0 amide bonds. The number of hydrogen-bond donors (Lipinski definition) is 0. The Morgan fingerprint density at radius 1 is 1.56 bits per heavy atom. The van der Waals surface area contributed by atoms with E-state index in [9.17, 15) is 4.79 Å². The van der Waals surface area contributed by atoms with Crippen LogP contribution in [-0.2, 0) is 4.79 Å². The highest BCUT2D eigenvalue weighted by Gasteiger charge is 2.45. The van der Waals surface area contributed by atoms with Crippen LogP contribution in [0.2, 0.25) is 0 Å². The molecule has 0 aromatic rings. The van der Waals surface area contributed by atoms with Gasteiger partial charge < -0.3 is 0 Å². The maximum Gasteiger partial charge on any atom is 0.144 e. The Hall–Kier alpha value is -0.850. The van der Waals surface area contributed by atoms with Crippen molar-refractivity contribution in [2.75, 3.05) is 0 Å². The molecule has 1 nitrogen and oxygen atoms in total. The van der Waals surface area contributed by atoms with Crippen LogP contribution in [0.5, 0.6) is 0 Å². The van der Waals surface area contributed by atoms with Gasteiger partial charge in [-0.25, -0.2) is 0 Å². The molecular formula is C15H24O. The normalized spacial score (nSPS) is 35.2. The quantitative estimate of drug-likeness (QED) is 0.657. The summed E-state index contributed by atoms with van der Waals surface area (Å²) in [6.07, 6.45) is 3.98. The first kappa shape index (κ1) is 13.2. The van der Waals surface area contributed by atoms with Gasteiger partial charge in [0, 0.05) is 11.8 Å². The minimum atomic E-state index is -0.0890. The molecule has 0 N–H and O–H groups in total. The molecule has 0 aliphatic heterocycles. The summed E-state index contributed by atoms with van der Waals surface area (Å²) in [5.41, 5.74) is 0.895. The third-order valence-corrected chi connectivity index (χ3v) is 4.07. The average Bonchev–Trinajstić information content (AvgIpc) is 2.16. The van der Waals surface area contributed by atoms with Crippen molar-refractivity contribution in [3.8, 4) is 0 Å². The Morgan fingerprint density at radius 3 is 2.50 bits per heavy atom. The third-order valence-electron chi connectivity index (χ3n) is 4.07. The van der Waals surface area contributed by atoms with E-state index in [1.807, 2.05) is 13.0 Å². The topological polar surface area (TPSA) is 17.1 Å². The number of carbonyl (C=O) groups excluding carboxylic acids is 1. The van der Waals surface area contributed by atoms with Crippen LogP contribution in [-0.4, -0.2) is 5.78 Å². The minimum Gasteiger partial charge on any atom is -0.299 e. The number of ketones is 1. The Labute approximate surface area is 99.6 Å². The van der Waals surface area contributed by atoms with Gasteiger partial charge in [-0.1, -0.05) is 39.0 Å². The van der Waals surface area contributed by atoms with Crippen LogP contribution in [0.1, 0.15) is 40.5 Å². The summed E-state index contributed by atoms with van der Waals surface area (Å²) in [4.78, 5) is 12.5. The van der Waals surface area contributed by atoms with Crippen molar-refractivity contribution in [2.24, 2.45) is 23.2 Å². The van der Waals surface area contributed by atoms with Gasteiger partial charge in [0.1, 0.15) is 5.78 Å². The maximum absolute atomic E-state index is 12.5. The number of hydrogen-bond acceptors (Lipinski definition) is 1. The zero-order valence-corrected chi connectivity index (χ0v) is 11.0. The molecule has 1 fully saturated rings. The Bertz CT molecular complexity index is 313. The summed E-state index contributed by atoms with van der Waals surface area (Å²) in [6.45, 7) is 16.3. The summed E-state index contributed by atoms with van der Waals surface area (Å²) in [6, 6.07) is 0. The van der Waals surface area contributed by atoms with Gasteiger partial charge in [-0.2, -0.15) is 0 Å². The fourth-order valence-electron chi connectivity index (χ4n) is 2.98. The molecule has 1 aliphatic rings. The predicted octanol–water partition coefficient (Wildman–Crippen LogP) is 4.01. The zero-order valence-electron chi connectivity index (χ0n) is 11.0. The molecule has 1 aliphatic carbocycles. The first-order chi connectivity index (χ1) is 7.33. The van der Waals surface area contributed by atoms with Gasteiger partial charge in [-0.05, 0) is 31.1 Å². The zero-order chi connectivity index (χ0) is 12.5. The smallest absolute Gasteiger partial charge is 0.144 e. The van der Waals surface area contributed by atoms with Crippen molar-refractivity contribution < 1.29 is 4.79 Å². The summed E-state index contributed by atoms with van der Waals surface area (Å²) < 4.78 is 0. The molecule has 0 saturated heterocycles. The van der Waals surface area contributed by atoms with E-state index in [0.29, 0.717) is 11.7 Å². The molecule has 0 bridgehead atoms. The summed E-state index contributed by atoms with van der Waals surface area (Å²) in [7, 11) is 0. The van der Waals surface area contributed by atoms with E-state index in [-0.39, 0.29) is 17.3 Å². The number of Topliss-reactive ketones (excluding diaryl/α,β-unsaturated/α-hetero) is 1. The van der Waals surface area contributed by atoms with Crippen molar-refractivity contribution in [1.29, 1.82) is 0 Å². The monoisotopic (exact) mass is 220 g/mol. The van der Waals surface area contributed by atoms with E-state index in [1.165, 1.54) is 0 Å². The number of carbonyl (C=O) groups is 1. The average molecular weight is 220 g/mol. The van der Waals surface area contributed by atoms with E-state index in [4.69, 9.17) is 0 Å². The lowest BCUT2D eigenvalue weighted by Gasteiger charge is -2.43. The number of allylic oxidation sites excluding steroid dienone is 2. The van der Waals surface area contributed by atoms with E-state index in [1.54, 1.807) is 0 Å². The van der Waals surface area contributed by atoms with Gasteiger partial charge in [0.15, 0.2) is 0 Å². The highest BCUT2D eigenvalue weighted by Crippen LogP contribution is 2.46. The molecule has 0 aromatic carbocycles. The largest absolute Gasteiger partial charge is 0.299 e. The lowest BCUT2D eigenvalue weighted by atomic mass is 9.60. The molecular weight excluding hydrogens is 196 g/mol. The Kier molecular flexibility index (Phi) is 3.77. The molecule has 0 heterocycles. The Balaban J connectivity index is 3.06. The molecule has 0 aromatic heterocycles. The van der Waals surface area contributed by atoms with Gasteiger partial charge >= 0.3 is 0 Å². The second kappa shape index (κ2) is 4.57. The first-order valence-corrected chi connectivity index (χ1v) is 6.16.